The van der Waals surface area contributed by atoms with Crippen LogP contribution in [0.2, 0.25) is 0 Å². The van der Waals surface area contributed by atoms with Gasteiger partial charge in [-0.15, -0.1) is 12.3 Å². The first kappa shape index (κ1) is 18.3. The Balaban J connectivity index is 1.51. The zero-order chi connectivity index (χ0) is 19.7. The Morgan fingerprint density at radius 1 is 1.21 bits per heavy atom. The molecule has 0 aromatic heterocycles. The molecule has 1 saturated heterocycles. The number of carbonyl (C=O) groups excluding carboxylic acids is 1. The van der Waals surface area contributed by atoms with Gasteiger partial charge in [0.1, 0.15) is 0 Å². The molecule has 4 aliphatic carbocycles. The third kappa shape index (κ3) is 2.31. The molecule has 1 aliphatic heterocycles. The standard InChI is InChI=1S/C25H32N2O/c1-4-19-17-12-24(18-8-6-5-7-9-18)14-20(19)25(13-17,15-24)22(28)27-11-10-21(26)23(2,3)16-27/h1,5-9,17,19-21H,10-16,26H2,2-3H3/t17?,19?,20?,21-,24?,25?/m0/s1. The number of carbonyl (C=O) groups is 1. The van der Waals surface area contributed by atoms with E-state index in [1.165, 1.54) is 5.56 Å². The minimum atomic E-state index is -0.257. The van der Waals surface area contributed by atoms with Crippen LogP contribution in [0.25, 0.3) is 0 Å². The summed E-state index contributed by atoms with van der Waals surface area (Å²) in [5.41, 5.74) is 7.61. The lowest BCUT2D eigenvalue weighted by atomic mass is 9.62. The Morgan fingerprint density at radius 3 is 2.64 bits per heavy atom. The average molecular weight is 377 g/mol. The van der Waals surface area contributed by atoms with Gasteiger partial charge >= 0.3 is 0 Å². The summed E-state index contributed by atoms with van der Waals surface area (Å²) >= 11 is 0. The molecule has 5 unspecified atom stereocenters. The van der Waals surface area contributed by atoms with Crippen LogP contribution in [0.1, 0.15) is 51.5 Å². The molecule has 0 radical (unpaired) electrons. The molecular weight excluding hydrogens is 344 g/mol. The number of nitrogens with two attached hydrogens (primary N) is 1. The maximum Gasteiger partial charge on any atom is 0.229 e. The molecule has 1 heterocycles. The minimum absolute atomic E-state index is 0.0250. The molecule has 1 amide bonds. The topological polar surface area (TPSA) is 46.3 Å². The summed E-state index contributed by atoms with van der Waals surface area (Å²) in [6.45, 7) is 5.96. The lowest BCUT2D eigenvalue weighted by Crippen LogP contribution is -2.57. The van der Waals surface area contributed by atoms with E-state index in [-0.39, 0.29) is 28.2 Å². The van der Waals surface area contributed by atoms with Gasteiger partial charge in [-0.2, -0.15) is 0 Å². The van der Waals surface area contributed by atoms with E-state index in [1.54, 1.807) is 0 Å². The molecule has 4 bridgehead atoms. The first-order valence-electron chi connectivity index (χ1n) is 10.9. The van der Waals surface area contributed by atoms with Crippen molar-refractivity contribution in [2.24, 2.45) is 34.3 Å². The number of benzene rings is 1. The van der Waals surface area contributed by atoms with Crippen molar-refractivity contribution in [2.75, 3.05) is 13.1 Å². The Morgan fingerprint density at radius 2 is 1.96 bits per heavy atom. The number of rotatable bonds is 2. The highest BCUT2D eigenvalue weighted by Crippen LogP contribution is 2.73. The van der Waals surface area contributed by atoms with E-state index in [4.69, 9.17) is 12.2 Å². The summed E-state index contributed by atoms with van der Waals surface area (Å²) < 4.78 is 0. The quantitative estimate of drug-likeness (QED) is 0.802. The molecule has 6 rings (SSSR count). The summed E-state index contributed by atoms with van der Waals surface area (Å²) in [6, 6.07) is 11.1. The van der Waals surface area contributed by atoms with Gasteiger partial charge in [-0.25, -0.2) is 0 Å². The fourth-order valence-electron chi connectivity index (χ4n) is 7.46. The van der Waals surface area contributed by atoms with Crippen molar-refractivity contribution < 1.29 is 4.79 Å². The molecule has 5 fully saturated rings. The maximum atomic E-state index is 14.0. The molecular formula is C25H32N2O. The van der Waals surface area contributed by atoms with Crippen molar-refractivity contribution in [1.29, 1.82) is 0 Å². The lowest BCUT2D eigenvalue weighted by molar-refractivity contribution is -0.148. The van der Waals surface area contributed by atoms with Crippen LogP contribution in [-0.2, 0) is 10.2 Å². The van der Waals surface area contributed by atoms with Gasteiger partial charge in [0.15, 0.2) is 0 Å². The van der Waals surface area contributed by atoms with Crippen LogP contribution in [0, 0.1) is 40.9 Å². The predicted octanol–water partition coefficient (Wildman–Crippen LogP) is 3.58. The van der Waals surface area contributed by atoms with Crippen LogP contribution in [0.4, 0.5) is 0 Å². The Kier molecular flexibility index (Phi) is 3.82. The van der Waals surface area contributed by atoms with Crippen LogP contribution >= 0.6 is 0 Å². The third-order valence-electron chi connectivity index (χ3n) is 8.80. The summed E-state index contributed by atoms with van der Waals surface area (Å²) in [6.07, 6.45) is 11.1. The van der Waals surface area contributed by atoms with Crippen LogP contribution in [0.15, 0.2) is 30.3 Å². The number of nitrogens with zero attached hydrogens (tertiary/aromatic N) is 1. The second-order valence-corrected chi connectivity index (χ2v) is 10.8. The van der Waals surface area contributed by atoms with Crippen molar-refractivity contribution >= 4 is 5.91 Å². The summed E-state index contributed by atoms with van der Waals surface area (Å²) in [7, 11) is 0. The highest BCUT2D eigenvalue weighted by Gasteiger charge is 2.71. The van der Waals surface area contributed by atoms with Gasteiger partial charge in [0.2, 0.25) is 5.91 Å². The monoisotopic (exact) mass is 376 g/mol. The number of piperidine rings is 1. The number of hydrogen-bond donors (Lipinski definition) is 1. The summed E-state index contributed by atoms with van der Waals surface area (Å²) in [5.74, 6) is 4.57. The highest BCUT2D eigenvalue weighted by atomic mass is 16.2. The van der Waals surface area contributed by atoms with Crippen molar-refractivity contribution in [3.8, 4) is 12.3 Å². The Bertz CT molecular complexity index is 840. The van der Waals surface area contributed by atoms with E-state index >= 15 is 0 Å². The Hall–Kier alpha value is -1.79. The van der Waals surface area contributed by atoms with E-state index in [1.807, 2.05) is 0 Å². The first-order chi connectivity index (χ1) is 13.3. The average Bonchev–Trinajstić information content (AvgIpc) is 3.06. The third-order valence-corrected chi connectivity index (χ3v) is 8.80. The minimum Gasteiger partial charge on any atom is -0.342 e. The van der Waals surface area contributed by atoms with Gasteiger partial charge in [0.05, 0.1) is 5.41 Å². The van der Waals surface area contributed by atoms with Crippen LogP contribution < -0.4 is 5.73 Å². The number of likely N-dealkylation sites (tertiary alicyclic amines) is 1. The maximum absolute atomic E-state index is 14.0. The molecule has 5 aliphatic rings. The van der Waals surface area contributed by atoms with Crippen molar-refractivity contribution in [2.45, 2.75) is 57.4 Å². The zero-order valence-electron chi connectivity index (χ0n) is 17.2. The molecule has 2 N–H and O–H groups in total. The lowest BCUT2D eigenvalue weighted by Gasteiger charge is -2.47. The SMILES string of the molecule is C#CC1C2CC3(c4ccccc4)CC1C(C(=O)N1CC[C@H](N)C(C)(C)C1)(C2)C3. The molecule has 1 aromatic rings. The van der Waals surface area contributed by atoms with E-state index in [0.29, 0.717) is 17.7 Å². The van der Waals surface area contributed by atoms with E-state index in [2.05, 4.69) is 55.0 Å². The number of terminal acetylenes is 1. The number of amides is 1. The second-order valence-electron chi connectivity index (χ2n) is 10.8. The second kappa shape index (κ2) is 5.86. The first-order valence-corrected chi connectivity index (χ1v) is 10.9. The van der Waals surface area contributed by atoms with Gasteiger partial charge in [-0.3, -0.25) is 4.79 Å². The van der Waals surface area contributed by atoms with Crippen LogP contribution in [0.3, 0.4) is 0 Å². The van der Waals surface area contributed by atoms with Crippen molar-refractivity contribution in [3.63, 3.8) is 0 Å². The number of hydrogen-bond acceptors (Lipinski definition) is 2. The molecule has 6 atom stereocenters. The van der Waals surface area contributed by atoms with Crippen molar-refractivity contribution in [3.05, 3.63) is 35.9 Å². The van der Waals surface area contributed by atoms with Gasteiger partial charge in [-0.05, 0) is 60.3 Å². The van der Waals surface area contributed by atoms with Gasteiger partial charge in [0, 0.05) is 25.0 Å². The molecule has 148 valence electrons. The van der Waals surface area contributed by atoms with Gasteiger partial charge in [0.25, 0.3) is 0 Å². The van der Waals surface area contributed by atoms with E-state index in [0.717, 1.165) is 45.2 Å². The predicted molar refractivity (Wildman–Crippen MR) is 111 cm³/mol. The molecule has 1 aromatic carbocycles. The van der Waals surface area contributed by atoms with Gasteiger partial charge in [-0.1, -0.05) is 44.2 Å². The molecule has 4 saturated carbocycles. The fourth-order valence-corrected chi connectivity index (χ4v) is 7.46. The highest BCUT2D eigenvalue weighted by molar-refractivity contribution is 5.85. The van der Waals surface area contributed by atoms with Crippen LogP contribution in [-0.4, -0.2) is 29.9 Å². The Labute approximate surface area is 169 Å². The zero-order valence-corrected chi connectivity index (χ0v) is 17.2. The largest absolute Gasteiger partial charge is 0.342 e. The molecule has 0 spiro atoms. The van der Waals surface area contributed by atoms with Crippen molar-refractivity contribution in [1.82, 2.24) is 4.90 Å². The summed E-state index contributed by atoms with van der Waals surface area (Å²) in [4.78, 5) is 16.2. The normalized spacial score (nSPS) is 43.1. The fraction of sp³-hybridized carbons (Fsp3) is 0.640. The molecule has 28 heavy (non-hydrogen) atoms. The van der Waals surface area contributed by atoms with E-state index < -0.39 is 0 Å². The molecule has 3 heteroatoms. The summed E-state index contributed by atoms with van der Waals surface area (Å²) in [5, 5.41) is 0. The smallest absolute Gasteiger partial charge is 0.229 e. The van der Waals surface area contributed by atoms with Gasteiger partial charge < -0.3 is 10.6 Å². The van der Waals surface area contributed by atoms with Crippen LogP contribution in [0.5, 0.6) is 0 Å². The van der Waals surface area contributed by atoms with E-state index in [9.17, 15) is 4.79 Å². The molecule has 3 nitrogen and oxygen atoms in total.